The molecule has 3 heterocycles. The number of hydrogen-bond acceptors (Lipinski definition) is 5. The Bertz CT molecular complexity index is 1280. The molecular weight excluding hydrogens is 466 g/mol. The Balaban J connectivity index is 1.24. The molecule has 0 bridgehead atoms. The van der Waals surface area contributed by atoms with Crippen molar-refractivity contribution < 1.29 is 18.7 Å². The van der Waals surface area contributed by atoms with Crippen LogP contribution in [0.3, 0.4) is 0 Å². The van der Waals surface area contributed by atoms with Gasteiger partial charge < -0.3 is 19.8 Å². The number of amides is 2. The topological polar surface area (TPSA) is 83.8 Å². The summed E-state index contributed by atoms with van der Waals surface area (Å²) in [6.45, 7) is 5.01. The van der Waals surface area contributed by atoms with Gasteiger partial charge in [-0.15, -0.1) is 0 Å². The van der Waals surface area contributed by atoms with Gasteiger partial charge in [-0.25, -0.2) is 0 Å². The van der Waals surface area contributed by atoms with Crippen LogP contribution in [0.25, 0.3) is 23.0 Å². The summed E-state index contributed by atoms with van der Waals surface area (Å²) in [5, 5.41) is 6.39. The first-order chi connectivity index (χ1) is 17.1. The second-order valence-corrected chi connectivity index (χ2v) is 8.98. The van der Waals surface area contributed by atoms with Crippen molar-refractivity contribution in [2.45, 2.75) is 6.42 Å². The van der Waals surface area contributed by atoms with Gasteiger partial charge in [-0.1, -0.05) is 23.7 Å². The molecule has 2 aliphatic rings. The second-order valence-electron chi connectivity index (χ2n) is 8.55. The van der Waals surface area contributed by atoms with Crippen molar-refractivity contribution in [1.82, 2.24) is 10.2 Å². The maximum Gasteiger partial charge on any atom is 0.256 e. The van der Waals surface area contributed by atoms with Crippen molar-refractivity contribution in [3.05, 3.63) is 76.5 Å². The molecule has 5 rings (SSSR count). The normalized spacial score (nSPS) is 16.8. The zero-order valence-corrected chi connectivity index (χ0v) is 19.9. The third-order valence-electron chi connectivity index (χ3n) is 6.13. The van der Waals surface area contributed by atoms with Gasteiger partial charge in [0.25, 0.3) is 11.8 Å². The number of benzene rings is 2. The quantitative estimate of drug-likeness (QED) is 0.374. The average molecular weight is 492 g/mol. The molecule has 2 amide bonds. The molecule has 3 aromatic rings. The molecule has 1 fully saturated rings. The summed E-state index contributed by atoms with van der Waals surface area (Å²) in [5.74, 6) is 0.839. The van der Waals surface area contributed by atoms with Crippen LogP contribution in [0.15, 0.2) is 59.0 Å². The summed E-state index contributed by atoms with van der Waals surface area (Å²) >= 11 is 6.11. The third-order valence-corrected chi connectivity index (χ3v) is 6.36. The number of carbonyl (C=O) groups is 2. The molecule has 8 heteroatoms. The Morgan fingerprint density at radius 2 is 1.97 bits per heavy atom. The van der Waals surface area contributed by atoms with Crippen LogP contribution in [0, 0.1) is 0 Å². The molecule has 0 radical (unpaired) electrons. The van der Waals surface area contributed by atoms with Gasteiger partial charge in [-0.3, -0.25) is 14.5 Å². The summed E-state index contributed by atoms with van der Waals surface area (Å²) < 4.78 is 11.4. The largest absolute Gasteiger partial charge is 0.457 e. The lowest BCUT2D eigenvalue weighted by Gasteiger charge is -2.26. The number of anilines is 1. The summed E-state index contributed by atoms with van der Waals surface area (Å²) in [6, 6.07) is 16.2. The lowest BCUT2D eigenvalue weighted by Crippen LogP contribution is -2.38. The minimum Gasteiger partial charge on any atom is -0.457 e. The number of carbonyl (C=O) groups excluding carboxylic acids is 2. The van der Waals surface area contributed by atoms with Crippen molar-refractivity contribution in [2.24, 2.45) is 0 Å². The Kier molecular flexibility index (Phi) is 6.99. The number of halogens is 1. The molecule has 2 N–H and O–H groups in total. The zero-order valence-electron chi connectivity index (χ0n) is 19.2. The summed E-state index contributed by atoms with van der Waals surface area (Å²) in [5.41, 5.74) is 3.32. The van der Waals surface area contributed by atoms with Crippen LogP contribution >= 0.6 is 11.6 Å². The van der Waals surface area contributed by atoms with Crippen LogP contribution in [0.2, 0.25) is 5.02 Å². The molecule has 0 aliphatic carbocycles. The maximum absolute atomic E-state index is 12.7. The van der Waals surface area contributed by atoms with E-state index in [4.69, 9.17) is 20.8 Å². The zero-order chi connectivity index (χ0) is 24.2. The predicted molar refractivity (Wildman–Crippen MR) is 136 cm³/mol. The summed E-state index contributed by atoms with van der Waals surface area (Å²) in [6.07, 6.45) is 2.59. The first-order valence-corrected chi connectivity index (χ1v) is 12.1. The number of nitrogens with one attached hydrogen (secondary N) is 2. The molecule has 0 unspecified atom stereocenters. The van der Waals surface area contributed by atoms with Gasteiger partial charge in [0.1, 0.15) is 11.5 Å². The van der Waals surface area contributed by atoms with Gasteiger partial charge in [-0.05, 0) is 61.5 Å². The standard InChI is InChI=1S/C27H26ClN3O4/c28-20-5-7-24-22(16-20)23(27(33)30-24)17-21-6-8-25(35-21)18-3-1-4-19(15-18)26(32)29-9-2-10-31-11-13-34-14-12-31/h1,3-8,15-17H,2,9-14H2,(H,29,32)(H,30,33)/b23-17+. The van der Waals surface area contributed by atoms with Crippen LogP contribution in [-0.4, -0.2) is 56.1 Å². The van der Waals surface area contributed by atoms with Gasteiger partial charge in [0, 0.05) is 47.0 Å². The van der Waals surface area contributed by atoms with Crippen molar-refractivity contribution >= 4 is 40.8 Å². The molecule has 1 saturated heterocycles. The van der Waals surface area contributed by atoms with Crippen molar-refractivity contribution in [1.29, 1.82) is 0 Å². The molecular formula is C27H26ClN3O4. The van der Waals surface area contributed by atoms with E-state index in [1.54, 1.807) is 36.4 Å². The molecule has 35 heavy (non-hydrogen) atoms. The van der Waals surface area contributed by atoms with E-state index in [-0.39, 0.29) is 11.8 Å². The second kappa shape index (κ2) is 10.5. The Labute approximate surface area is 208 Å². The highest BCUT2D eigenvalue weighted by molar-refractivity contribution is 6.36. The van der Waals surface area contributed by atoms with Crippen LogP contribution < -0.4 is 10.6 Å². The van der Waals surface area contributed by atoms with E-state index in [2.05, 4.69) is 15.5 Å². The number of furan rings is 1. The van der Waals surface area contributed by atoms with E-state index in [1.165, 1.54) is 0 Å². The molecule has 2 aliphatic heterocycles. The number of morpholine rings is 1. The number of rotatable bonds is 7. The lowest BCUT2D eigenvalue weighted by molar-refractivity contribution is -0.110. The van der Waals surface area contributed by atoms with E-state index in [1.807, 2.05) is 24.3 Å². The first kappa shape index (κ1) is 23.4. The van der Waals surface area contributed by atoms with Gasteiger partial charge >= 0.3 is 0 Å². The smallest absolute Gasteiger partial charge is 0.256 e. The van der Waals surface area contributed by atoms with Gasteiger partial charge in [-0.2, -0.15) is 0 Å². The maximum atomic E-state index is 12.7. The molecule has 0 spiro atoms. The van der Waals surface area contributed by atoms with Crippen LogP contribution in [-0.2, 0) is 9.53 Å². The number of ether oxygens (including phenoxy) is 1. The number of nitrogens with zero attached hydrogens (tertiary/aromatic N) is 1. The number of hydrogen-bond donors (Lipinski definition) is 2. The van der Waals surface area contributed by atoms with Crippen LogP contribution in [0.1, 0.15) is 28.1 Å². The minimum absolute atomic E-state index is 0.112. The van der Waals surface area contributed by atoms with Crippen LogP contribution in [0.4, 0.5) is 5.69 Å². The van der Waals surface area contributed by atoms with Gasteiger partial charge in [0.05, 0.1) is 18.8 Å². The minimum atomic E-state index is -0.201. The highest BCUT2D eigenvalue weighted by Gasteiger charge is 2.24. The van der Waals surface area contributed by atoms with Gasteiger partial charge in [0.2, 0.25) is 0 Å². The first-order valence-electron chi connectivity index (χ1n) is 11.7. The molecule has 7 nitrogen and oxygen atoms in total. The molecule has 180 valence electrons. The molecule has 0 atom stereocenters. The van der Waals surface area contributed by atoms with E-state index in [0.29, 0.717) is 34.2 Å². The van der Waals surface area contributed by atoms with Crippen molar-refractivity contribution in [3.63, 3.8) is 0 Å². The van der Waals surface area contributed by atoms with Crippen LogP contribution in [0.5, 0.6) is 0 Å². The Morgan fingerprint density at radius 3 is 2.83 bits per heavy atom. The van der Waals surface area contributed by atoms with E-state index < -0.39 is 0 Å². The summed E-state index contributed by atoms with van der Waals surface area (Å²) in [4.78, 5) is 27.4. The third kappa shape index (κ3) is 5.48. The highest BCUT2D eigenvalue weighted by Crippen LogP contribution is 2.35. The Hall–Kier alpha value is -3.39. The van der Waals surface area contributed by atoms with Crippen molar-refractivity contribution in [3.8, 4) is 11.3 Å². The van der Waals surface area contributed by atoms with E-state index >= 15 is 0 Å². The average Bonchev–Trinajstić information content (AvgIpc) is 3.47. The fourth-order valence-corrected chi connectivity index (χ4v) is 4.45. The van der Waals surface area contributed by atoms with E-state index in [9.17, 15) is 9.59 Å². The fraction of sp³-hybridized carbons (Fsp3) is 0.259. The predicted octanol–water partition coefficient (Wildman–Crippen LogP) is 4.54. The molecule has 1 aromatic heterocycles. The lowest BCUT2D eigenvalue weighted by atomic mass is 10.1. The van der Waals surface area contributed by atoms with E-state index in [0.717, 1.165) is 56.1 Å². The highest BCUT2D eigenvalue weighted by atomic mass is 35.5. The Morgan fingerprint density at radius 1 is 1.11 bits per heavy atom. The summed E-state index contributed by atoms with van der Waals surface area (Å²) in [7, 11) is 0. The fourth-order valence-electron chi connectivity index (χ4n) is 4.28. The molecule has 0 saturated carbocycles. The van der Waals surface area contributed by atoms with Gasteiger partial charge in [0.15, 0.2) is 0 Å². The monoisotopic (exact) mass is 491 g/mol. The SMILES string of the molecule is O=C1Nc2ccc(Cl)cc2/C1=C\c1ccc(-c2cccc(C(=O)NCCCN3CCOCC3)c2)o1. The molecule has 2 aromatic carbocycles. The van der Waals surface area contributed by atoms with Crippen molar-refractivity contribution in [2.75, 3.05) is 44.7 Å². The number of fused-ring (bicyclic) bond motifs is 1.